The summed E-state index contributed by atoms with van der Waals surface area (Å²) in [4.78, 5) is 24.9. The van der Waals surface area contributed by atoms with Gasteiger partial charge in [-0.05, 0) is 44.5 Å². The summed E-state index contributed by atoms with van der Waals surface area (Å²) < 4.78 is 13.6. The van der Waals surface area contributed by atoms with Crippen molar-refractivity contribution in [3.05, 3.63) is 64.4 Å². The van der Waals surface area contributed by atoms with Crippen molar-refractivity contribution in [3.63, 3.8) is 0 Å². The molecule has 0 aliphatic carbocycles. The third kappa shape index (κ3) is 4.57. The lowest BCUT2D eigenvalue weighted by Gasteiger charge is -2.23. The van der Waals surface area contributed by atoms with Crippen LogP contribution in [0.2, 0.25) is 5.02 Å². The van der Waals surface area contributed by atoms with Gasteiger partial charge in [-0.25, -0.2) is 4.39 Å². The summed E-state index contributed by atoms with van der Waals surface area (Å²) >= 11 is 5.94. The number of aryl methyl sites for hydroxylation is 1. The van der Waals surface area contributed by atoms with E-state index in [0.717, 1.165) is 5.56 Å². The molecule has 0 aromatic heterocycles. The van der Waals surface area contributed by atoms with E-state index in [4.69, 9.17) is 11.6 Å². The number of anilines is 1. The smallest absolute Gasteiger partial charge is 0.239 e. The average Bonchev–Trinajstić information content (AvgIpc) is 2.57. The maximum Gasteiger partial charge on any atom is 0.239 e. The Hall–Kier alpha value is -2.40. The first-order chi connectivity index (χ1) is 11.7. The maximum absolute atomic E-state index is 13.6. The molecule has 2 aromatic carbocycles. The molecule has 0 heterocycles. The van der Waals surface area contributed by atoms with Gasteiger partial charge in [-0.1, -0.05) is 35.9 Å². The number of hydrogen-bond donors (Lipinski definition) is 2. The molecule has 0 radical (unpaired) electrons. The highest BCUT2D eigenvalue weighted by Crippen LogP contribution is 2.24. The fourth-order valence-electron chi connectivity index (χ4n) is 2.15. The van der Waals surface area contributed by atoms with Crippen molar-refractivity contribution in [3.8, 4) is 0 Å². The monoisotopic (exact) mass is 362 g/mol. The second kappa shape index (κ2) is 7.66. The molecule has 2 N–H and O–H groups in total. The van der Waals surface area contributed by atoms with Gasteiger partial charge < -0.3 is 10.6 Å². The topological polar surface area (TPSA) is 58.2 Å². The normalized spacial score (nSPS) is 11.1. The first-order valence-corrected chi connectivity index (χ1v) is 8.19. The van der Waals surface area contributed by atoms with Crippen LogP contribution in [0, 0.1) is 18.2 Å². The fourth-order valence-corrected chi connectivity index (χ4v) is 2.32. The molecule has 2 aromatic rings. The van der Waals surface area contributed by atoms with Crippen molar-refractivity contribution in [1.29, 1.82) is 0 Å². The Morgan fingerprint density at radius 3 is 2.48 bits per heavy atom. The zero-order valence-electron chi connectivity index (χ0n) is 14.3. The third-order valence-electron chi connectivity index (χ3n) is 3.98. The molecule has 6 heteroatoms. The Bertz CT molecular complexity index is 806. The number of carbonyl (C=O) groups is 2. The van der Waals surface area contributed by atoms with Gasteiger partial charge in [0.25, 0.3) is 0 Å². The van der Waals surface area contributed by atoms with E-state index >= 15 is 0 Å². The lowest BCUT2D eigenvalue weighted by molar-refractivity contribution is -0.138. The molecule has 0 bridgehead atoms. The number of carbonyl (C=O) groups excluding carboxylic acids is 2. The predicted molar refractivity (Wildman–Crippen MR) is 96.8 cm³/mol. The third-order valence-corrected chi connectivity index (χ3v) is 4.22. The minimum absolute atomic E-state index is 0.0123. The van der Waals surface area contributed by atoms with Crippen LogP contribution < -0.4 is 10.6 Å². The Kier molecular flexibility index (Phi) is 5.80. The largest absolute Gasteiger partial charge is 0.351 e. The van der Waals surface area contributed by atoms with Crippen LogP contribution in [0.3, 0.4) is 0 Å². The van der Waals surface area contributed by atoms with Gasteiger partial charge >= 0.3 is 0 Å². The quantitative estimate of drug-likeness (QED) is 0.788. The Morgan fingerprint density at radius 2 is 1.80 bits per heavy atom. The molecule has 0 unspecified atom stereocenters. The summed E-state index contributed by atoms with van der Waals surface area (Å²) in [6.45, 7) is 4.87. The standard InChI is InChI=1S/C19H20ClFN2O2/c1-12-8-9-14(20)10-16(12)23-18(25)19(2,3)17(24)22-11-13-6-4-5-7-15(13)21/h4-10H,11H2,1-3H3,(H,22,24)(H,23,25). The molecular formula is C19H20ClFN2O2. The first kappa shape index (κ1) is 18.9. The molecule has 132 valence electrons. The number of halogens is 2. The molecule has 2 rings (SSSR count). The number of nitrogens with one attached hydrogen (secondary N) is 2. The van der Waals surface area contributed by atoms with E-state index in [1.165, 1.54) is 19.9 Å². The van der Waals surface area contributed by atoms with Gasteiger partial charge in [0, 0.05) is 22.8 Å². The number of rotatable bonds is 5. The van der Waals surface area contributed by atoms with Gasteiger partial charge in [0.1, 0.15) is 11.2 Å². The summed E-state index contributed by atoms with van der Waals surface area (Å²) in [7, 11) is 0. The molecule has 25 heavy (non-hydrogen) atoms. The highest BCUT2D eigenvalue weighted by Gasteiger charge is 2.36. The van der Waals surface area contributed by atoms with Crippen LogP contribution in [0.4, 0.5) is 10.1 Å². The number of hydrogen-bond acceptors (Lipinski definition) is 2. The van der Waals surface area contributed by atoms with Crippen LogP contribution in [0.1, 0.15) is 25.0 Å². The minimum atomic E-state index is -1.33. The summed E-state index contributed by atoms with van der Waals surface area (Å²) in [5, 5.41) is 5.82. The van der Waals surface area contributed by atoms with E-state index in [9.17, 15) is 14.0 Å². The van der Waals surface area contributed by atoms with Crippen molar-refractivity contribution in [2.24, 2.45) is 5.41 Å². The van der Waals surface area contributed by atoms with Crippen molar-refractivity contribution < 1.29 is 14.0 Å². The highest BCUT2D eigenvalue weighted by molar-refractivity contribution is 6.31. The van der Waals surface area contributed by atoms with Gasteiger partial charge in [0.05, 0.1) is 0 Å². The Balaban J connectivity index is 2.06. The summed E-state index contributed by atoms with van der Waals surface area (Å²) in [5.74, 6) is -1.36. The van der Waals surface area contributed by atoms with Crippen LogP contribution in [0.15, 0.2) is 42.5 Å². The van der Waals surface area contributed by atoms with E-state index in [0.29, 0.717) is 16.3 Å². The average molecular weight is 363 g/mol. The van der Waals surface area contributed by atoms with Gasteiger partial charge in [0.2, 0.25) is 11.8 Å². The maximum atomic E-state index is 13.6. The zero-order chi connectivity index (χ0) is 18.6. The molecule has 0 spiro atoms. The van der Waals surface area contributed by atoms with Crippen LogP contribution in [0.5, 0.6) is 0 Å². The van der Waals surface area contributed by atoms with Crippen molar-refractivity contribution >= 4 is 29.1 Å². The van der Waals surface area contributed by atoms with Crippen LogP contribution >= 0.6 is 11.6 Å². The van der Waals surface area contributed by atoms with Crippen LogP contribution in [-0.2, 0) is 16.1 Å². The van der Waals surface area contributed by atoms with Gasteiger partial charge in [-0.15, -0.1) is 0 Å². The van der Waals surface area contributed by atoms with Gasteiger partial charge in [-0.2, -0.15) is 0 Å². The van der Waals surface area contributed by atoms with Crippen LogP contribution in [0.25, 0.3) is 0 Å². The number of benzene rings is 2. The number of amides is 2. The lowest BCUT2D eigenvalue weighted by Crippen LogP contribution is -2.45. The molecule has 2 amide bonds. The molecule has 0 aliphatic rings. The van der Waals surface area contributed by atoms with Crippen molar-refractivity contribution in [1.82, 2.24) is 5.32 Å². The molecule has 0 saturated carbocycles. The van der Waals surface area contributed by atoms with E-state index < -0.39 is 23.0 Å². The summed E-state index contributed by atoms with van der Waals surface area (Å²) in [6.07, 6.45) is 0. The Morgan fingerprint density at radius 1 is 1.12 bits per heavy atom. The minimum Gasteiger partial charge on any atom is -0.351 e. The van der Waals surface area contributed by atoms with Crippen LogP contribution in [-0.4, -0.2) is 11.8 Å². The van der Waals surface area contributed by atoms with Gasteiger partial charge in [0.15, 0.2) is 0 Å². The molecule has 4 nitrogen and oxygen atoms in total. The fraction of sp³-hybridized carbons (Fsp3) is 0.263. The van der Waals surface area contributed by atoms with E-state index in [1.54, 1.807) is 36.4 Å². The molecule has 0 aliphatic heterocycles. The predicted octanol–water partition coefficient (Wildman–Crippen LogP) is 4.07. The summed E-state index contributed by atoms with van der Waals surface area (Å²) in [5.41, 5.74) is 0.408. The highest BCUT2D eigenvalue weighted by atomic mass is 35.5. The second-order valence-corrected chi connectivity index (χ2v) is 6.75. The Labute approximate surface area is 151 Å². The van der Waals surface area contributed by atoms with Crippen molar-refractivity contribution in [2.75, 3.05) is 5.32 Å². The molecule has 0 atom stereocenters. The molecule has 0 fully saturated rings. The van der Waals surface area contributed by atoms with E-state index in [1.807, 2.05) is 6.92 Å². The lowest BCUT2D eigenvalue weighted by atomic mass is 9.90. The zero-order valence-corrected chi connectivity index (χ0v) is 15.1. The first-order valence-electron chi connectivity index (χ1n) is 7.81. The van der Waals surface area contributed by atoms with E-state index in [-0.39, 0.29) is 6.54 Å². The summed E-state index contributed by atoms with van der Waals surface area (Å²) in [6, 6.07) is 11.3. The van der Waals surface area contributed by atoms with E-state index in [2.05, 4.69) is 10.6 Å². The van der Waals surface area contributed by atoms with Gasteiger partial charge in [-0.3, -0.25) is 9.59 Å². The van der Waals surface area contributed by atoms with Crippen molar-refractivity contribution in [2.45, 2.75) is 27.3 Å². The SMILES string of the molecule is Cc1ccc(Cl)cc1NC(=O)C(C)(C)C(=O)NCc1ccccc1F. The molecular weight excluding hydrogens is 343 g/mol. The second-order valence-electron chi connectivity index (χ2n) is 6.31. The molecule has 0 saturated heterocycles.